The van der Waals surface area contributed by atoms with Crippen LogP contribution in [0.1, 0.15) is 49.1 Å². The summed E-state index contributed by atoms with van der Waals surface area (Å²) in [5.74, 6) is 1.09. The van der Waals surface area contributed by atoms with E-state index in [2.05, 4.69) is 18.2 Å². The fourth-order valence-corrected chi connectivity index (χ4v) is 2.68. The van der Waals surface area contributed by atoms with Crippen LogP contribution in [0.15, 0.2) is 18.2 Å². The van der Waals surface area contributed by atoms with Crippen LogP contribution < -0.4 is 4.74 Å². The Labute approximate surface area is 102 Å². The van der Waals surface area contributed by atoms with Crippen molar-refractivity contribution in [1.29, 1.82) is 5.26 Å². The highest BCUT2D eigenvalue weighted by Crippen LogP contribution is 2.34. The van der Waals surface area contributed by atoms with Crippen LogP contribution in [0.4, 0.5) is 0 Å². The van der Waals surface area contributed by atoms with Crippen molar-refractivity contribution in [1.82, 2.24) is 0 Å². The van der Waals surface area contributed by atoms with E-state index < -0.39 is 0 Å². The van der Waals surface area contributed by atoms with E-state index in [0.29, 0.717) is 6.10 Å². The minimum atomic E-state index is 0.0940. The van der Waals surface area contributed by atoms with Gasteiger partial charge in [-0.3, -0.25) is 0 Å². The van der Waals surface area contributed by atoms with Gasteiger partial charge in [0.2, 0.25) is 0 Å². The van der Waals surface area contributed by atoms with Gasteiger partial charge in [0.25, 0.3) is 0 Å². The topological polar surface area (TPSA) is 33.0 Å². The van der Waals surface area contributed by atoms with Gasteiger partial charge in [-0.1, -0.05) is 6.07 Å². The van der Waals surface area contributed by atoms with Gasteiger partial charge in [-0.25, -0.2) is 0 Å². The van der Waals surface area contributed by atoms with E-state index in [-0.39, 0.29) is 5.92 Å². The molecule has 0 spiro atoms. The Hall–Kier alpha value is -1.49. The summed E-state index contributed by atoms with van der Waals surface area (Å²) >= 11 is 0. The highest BCUT2D eigenvalue weighted by atomic mass is 16.5. The van der Waals surface area contributed by atoms with Crippen LogP contribution in [0.2, 0.25) is 0 Å². The molecule has 88 valence electrons. The van der Waals surface area contributed by atoms with Gasteiger partial charge in [0.1, 0.15) is 5.75 Å². The Morgan fingerprint density at radius 3 is 2.76 bits per heavy atom. The number of ether oxygens (including phenoxy) is 1. The zero-order chi connectivity index (χ0) is 11.7. The summed E-state index contributed by atoms with van der Waals surface area (Å²) in [6.07, 6.45) is 7.34. The molecule has 0 aromatic heterocycles. The Morgan fingerprint density at radius 1 is 1.18 bits per heavy atom. The molecule has 1 saturated carbocycles. The molecule has 0 amide bonds. The lowest BCUT2D eigenvalue weighted by molar-refractivity contribution is 0.120. The van der Waals surface area contributed by atoms with E-state index in [0.717, 1.165) is 25.0 Å². The average molecular weight is 227 g/mol. The third-order valence-electron chi connectivity index (χ3n) is 3.94. The molecule has 0 aliphatic heterocycles. The van der Waals surface area contributed by atoms with Crippen molar-refractivity contribution in [2.45, 2.75) is 50.5 Å². The number of rotatable bonds is 2. The second-order valence-corrected chi connectivity index (χ2v) is 5.11. The van der Waals surface area contributed by atoms with Gasteiger partial charge in [0.05, 0.1) is 18.1 Å². The molecule has 17 heavy (non-hydrogen) atoms. The SMILES string of the molecule is N#CC1CCCc2cc(OC3CCC3)ccc21. The molecular weight excluding hydrogens is 210 g/mol. The first-order valence-corrected chi connectivity index (χ1v) is 6.56. The first-order valence-electron chi connectivity index (χ1n) is 6.56. The highest BCUT2D eigenvalue weighted by molar-refractivity contribution is 5.41. The van der Waals surface area contributed by atoms with Gasteiger partial charge < -0.3 is 4.74 Å². The van der Waals surface area contributed by atoms with Gasteiger partial charge in [0, 0.05) is 0 Å². The van der Waals surface area contributed by atoms with Crippen molar-refractivity contribution in [3.05, 3.63) is 29.3 Å². The standard InChI is InChI=1S/C15H17NO/c16-10-12-4-1-3-11-9-14(7-8-15(11)12)17-13-5-2-6-13/h7-9,12-13H,1-6H2. The monoisotopic (exact) mass is 227 g/mol. The number of fused-ring (bicyclic) bond motifs is 1. The quantitative estimate of drug-likeness (QED) is 0.774. The molecule has 1 aromatic carbocycles. The van der Waals surface area contributed by atoms with Crippen molar-refractivity contribution in [2.75, 3.05) is 0 Å². The van der Waals surface area contributed by atoms with Gasteiger partial charge in [-0.2, -0.15) is 5.26 Å². The maximum absolute atomic E-state index is 9.12. The highest BCUT2D eigenvalue weighted by Gasteiger charge is 2.22. The summed E-state index contributed by atoms with van der Waals surface area (Å²) in [7, 11) is 0. The predicted molar refractivity (Wildman–Crippen MR) is 66.0 cm³/mol. The van der Waals surface area contributed by atoms with Crippen LogP contribution in [0, 0.1) is 11.3 Å². The zero-order valence-corrected chi connectivity index (χ0v) is 9.98. The summed E-state index contributed by atoms with van der Waals surface area (Å²) in [6.45, 7) is 0. The first kappa shape index (κ1) is 10.7. The van der Waals surface area contributed by atoms with E-state index in [1.165, 1.54) is 30.4 Å². The van der Waals surface area contributed by atoms with Crippen LogP contribution in [-0.4, -0.2) is 6.10 Å². The van der Waals surface area contributed by atoms with Gasteiger partial charge in [-0.05, 0) is 61.8 Å². The second kappa shape index (κ2) is 4.41. The molecule has 0 heterocycles. The molecule has 2 aliphatic rings. The smallest absolute Gasteiger partial charge is 0.120 e. The maximum Gasteiger partial charge on any atom is 0.120 e. The number of benzene rings is 1. The molecule has 1 unspecified atom stereocenters. The van der Waals surface area contributed by atoms with Crippen molar-refractivity contribution < 1.29 is 4.74 Å². The summed E-state index contributed by atoms with van der Waals surface area (Å²) in [5, 5.41) is 9.12. The summed E-state index contributed by atoms with van der Waals surface area (Å²) < 4.78 is 5.90. The lowest BCUT2D eigenvalue weighted by Gasteiger charge is -2.27. The van der Waals surface area contributed by atoms with E-state index in [1.54, 1.807) is 0 Å². The Balaban J connectivity index is 1.82. The van der Waals surface area contributed by atoms with Gasteiger partial charge >= 0.3 is 0 Å². The number of aryl methyl sites for hydroxylation is 1. The largest absolute Gasteiger partial charge is 0.490 e. The van der Waals surface area contributed by atoms with E-state index >= 15 is 0 Å². The van der Waals surface area contributed by atoms with E-state index in [4.69, 9.17) is 10.00 Å². The van der Waals surface area contributed by atoms with Crippen LogP contribution in [0.25, 0.3) is 0 Å². The predicted octanol–water partition coefficient (Wildman–Crippen LogP) is 3.56. The van der Waals surface area contributed by atoms with Gasteiger partial charge in [-0.15, -0.1) is 0 Å². The molecule has 1 fully saturated rings. The van der Waals surface area contributed by atoms with Crippen molar-refractivity contribution in [3.63, 3.8) is 0 Å². The molecule has 1 atom stereocenters. The lowest BCUT2D eigenvalue weighted by atomic mass is 9.83. The molecule has 2 heteroatoms. The lowest BCUT2D eigenvalue weighted by Crippen LogP contribution is -2.24. The maximum atomic E-state index is 9.12. The van der Waals surface area contributed by atoms with E-state index in [1.807, 2.05) is 6.07 Å². The molecule has 0 N–H and O–H groups in total. The fourth-order valence-electron chi connectivity index (χ4n) is 2.68. The van der Waals surface area contributed by atoms with Crippen LogP contribution in [-0.2, 0) is 6.42 Å². The first-order chi connectivity index (χ1) is 8.36. The normalized spacial score (nSPS) is 23.4. The second-order valence-electron chi connectivity index (χ2n) is 5.11. The summed E-state index contributed by atoms with van der Waals surface area (Å²) in [5.41, 5.74) is 2.54. The van der Waals surface area contributed by atoms with Crippen LogP contribution in [0.5, 0.6) is 5.75 Å². The van der Waals surface area contributed by atoms with Crippen molar-refractivity contribution >= 4 is 0 Å². The number of nitrogens with zero attached hydrogens (tertiary/aromatic N) is 1. The minimum Gasteiger partial charge on any atom is -0.490 e. The van der Waals surface area contributed by atoms with E-state index in [9.17, 15) is 0 Å². The molecule has 0 saturated heterocycles. The molecule has 0 radical (unpaired) electrons. The van der Waals surface area contributed by atoms with Gasteiger partial charge in [0.15, 0.2) is 0 Å². The zero-order valence-electron chi connectivity index (χ0n) is 9.98. The number of nitriles is 1. The van der Waals surface area contributed by atoms with Crippen molar-refractivity contribution in [3.8, 4) is 11.8 Å². The molecule has 2 aliphatic carbocycles. The number of hydrogen-bond donors (Lipinski definition) is 0. The summed E-state index contributed by atoms with van der Waals surface area (Å²) in [4.78, 5) is 0. The molecule has 0 bridgehead atoms. The minimum absolute atomic E-state index is 0.0940. The number of hydrogen-bond acceptors (Lipinski definition) is 2. The molecule has 3 rings (SSSR count). The Morgan fingerprint density at radius 2 is 2.06 bits per heavy atom. The third kappa shape index (κ3) is 2.02. The Kier molecular flexibility index (Phi) is 2.76. The fraction of sp³-hybridized carbons (Fsp3) is 0.533. The third-order valence-corrected chi connectivity index (χ3v) is 3.94. The molecule has 1 aromatic rings. The molecule has 2 nitrogen and oxygen atoms in total. The summed E-state index contributed by atoms with van der Waals surface area (Å²) in [6, 6.07) is 8.68. The van der Waals surface area contributed by atoms with Crippen LogP contribution in [0.3, 0.4) is 0 Å². The molecular formula is C15H17NO. The van der Waals surface area contributed by atoms with Crippen LogP contribution >= 0.6 is 0 Å². The van der Waals surface area contributed by atoms with Crippen molar-refractivity contribution in [2.24, 2.45) is 0 Å². The average Bonchev–Trinajstić information content (AvgIpc) is 2.32. The Bertz CT molecular complexity index is 456.